The van der Waals surface area contributed by atoms with E-state index in [1.54, 1.807) is 13.3 Å². The van der Waals surface area contributed by atoms with Crippen LogP contribution in [-0.2, 0) is 4.74 Å². The molecule has 0 radical (unpaired) electrons. The largest absolute Gasteiger partial charge is 0.486 e. The molecule has 19 heavy (non-hydrogen) atoms. The second kappa shape index (κ2) is 4.90. The van der Waals surface area contributed by atoms with Gasteiger partial charge in [-0.25, -0.2) is 0 Å². The van der Waals surface area contributed by atoms with E-state index in [9.17, 15) is 0 Å². The maximum Gasteiger partial charge on any atom is 0.169 e. The van der Waals surface area contributed by atoms with Crippen LogP contribution in [0.2, 0.25) is 0 Å². The normalized spacial score (nSPS) is 16.8. The molecule has 1 aromatic heterocycles. The molecule has 3 rings (SSSR count). The van der Waals surface area contributed by atoms with Gasteiger partial charge in [-0.1, -0.05) is 12.1 Å². The fraction of sp³-hybridized carbons (Fsp3) is 0.267. The van der Waals surface area contributed by atoms with Crippen molar-refractivity contribution in [1.29, 1.82) is 0 Å². The van der Waals surface area contributed by atoms with E-state index in [0.717, 1.165) is 22.8 Å². The van der Waals surface area contributed by atoms with Gasteiger partial charge in [0.15, 0.2) is 11.5 Å². The third kappa shape index (κ3) is 2.15. The van der Waals surface area contributed by atoms with Crippen LogP contribution in [-0.4, -0.2) is 18.7 Å². The summed E-state index contributed by atoms with van der Waals surface area (Å²) in [6.45, 7) is 2.44. The Bertz CT molecular complexity index is 598. The van der Waals surface area contributed by atoms with Crippen molar-refractivity contribution >= 4 is 0 Å². The van der Waals surface area contributed by atoms with E-state index >= 15 is 0 Å². The van der Waals surface area contributed by atoms with Crippen LogP contribution in [0.15, 0.2) is 36.5 Å². The molecule has 0 bridgehead atoms. The number of hydrogen-bond acceptors (Lipinski definition) is 4. The second-order valence-corrected chi connectivity index (χ2v) is 4.40. The molecule has 0 saturated carbocycles. The molecule has 1 aliphatic heterocycles. The van der Waals surface area contributed by atoms with Gasteiger partial charge in [0.2, 0.25) is 0 Å². The Labute approximate surface area is 112 Å². The van der Waals surface area contributed by atoms with Crippen LogP contribution in [0.4, 0.5) is 0 Å². The topological polar surface area (TPSA) is 40.6 Å². The van der Waals surface area contributed by atoms with Gasteiger partial charge < -0.3 is 14.2 Å². The predicted molar refractivity (Wildman–Crippen MR) is 70.7 cm³/mol. The summed E-state index contributed by atoms with van der Waals surface area (Å²) in [5.74, 6) is 2.20. The minimum atomic E-state index is -0.0199. The number of methoxy groups -OCH3 is 1. The Kier molecular flexibility index (Phi) is 3.09. The molecule has 0 aliphatic carbocycles. The molecule has 0 N–H and O–H groups in total. The summed E-state index contributed by atoms with van der Waals surface area (Å²) in [7, 11) is 1.68. The number of rotatable bonds is 3. The van der Waals surface area contributed by atoms with E-state index in [4.69, 9.17) is 14.2 Å². The summed E-state index contributed by atoms with van der Waals surface area (Å²) in [6, 6.07) is 9.58. The molecule has 0 amide bonds. The van der Waals surface area contributed by atoms with Gasteiger partial charge in [-0.2, -0.15) is 0 Å². The summed E-state index contributed by atoms with van der Waals surface area (Å²) in [4.78, 5) is 4.21. The van der Waals surface area contributed by atoms with Crippen LogP contribution in [0.25, 0.3) is 0 Å². The highest BCUT2D eigenvalue weighted by molar-refractivity contribution is 5.51. The van der Waals surface area contributed by atoms with Crippen LogP contribution in [0.3, 0.4) is 0 Å². The third-order valence-corrected chi connectivity index (χ3v) is 3.20. The van der Waals surface area contributed by atoms with Crippen molar-refractivity contribution in [2.75, 3.05) is 13.7 Å². The molecule has 2 aromatic rings. The quantitative estimate of drug-likeness (QED) is 0.846. The van der Waals surface area contributed by atoms with Gasteiger partial charge in [0.05, 0.1) is 5.69 Å². The summed E-state index contributed by atoms with van der Waals surface area (Å²) >= 11 is 0. The standard InChI is InChI=1S/C15H15NO3/c1-10-12(7-4-8-16-10)19-13-6-3-5-11-14(17-2)9-18-15(11)13/h3-8,14H,9H2,1-2H3/t14-/m1/s1. The van der Waals surface area contributed by atoms with Crippen LogP contribution >= 0.6 is 0 Å². The summed E-state index contributed by atoms with van der Waals surface area (Å²) in [5, 5.41) is 0. The first kappa shape index (κ1) is 12.0. The van der Waals surface area contributed by atoms with Gasteiger partial charge in [0.1, 0.15) is 18.5 Å². The average molecular weight is 257 g/mol. The van der Waals surface area contributed by atoms with Crippen LogP contribution in [0.1, 0.15) is 17.4 Å². The van der Waals surface area contributed by atoms with Gasteiger partial charge in [0, 0.05) is 18.9 Å². The van der Waals surface area contributed by atoms with Crippen LogP contribution in [0.5, 0.6) is 17.2 Å². The first-order valence-electron chi connectivity index (χ1n) is 6.17. The molecule has 2 heterocycles. The highest BCUT2D eigenvalue weighted by Crippen LogP contribution is 2.43. The molecule has 0 saturated heterocycles. The van der Waals surface area contributed by atoms with Crippen molar-refractivity contribution < 1.29 is 14.2 Å². The predicted octanol–water partition coefficient (Wildman–Crippen LogP) is 3.26. The highest BCUT2D eigenvalue weighted by atomic mass is 16.6. The monoisotopic (exact) mass is 257 g/mol. The van der Waals surface area contributed by atoms with E-state index in [1.807, 2.05) is 37.3 Å². The highest BCUT2D eigenvalue weighted by Gasteiger charge is 2.27. The Balaban J connectivity index is 1.95. The van der Waals surface area contributed by atoms with Crippen molar-refractivity contribution in [3.8, 4) is 17.2 Å². The molecule has 1 aliphatic rings. The lowest BCUT2D eigenvalue weighted by atomic mass is 10.1. The van der Waals surface area contributed by atoms with Crippen LogP contribution in [0, 0.1) is 6.92 Å². The van der Waals surface area contributed by atoms with Crippen LogP contribution < -0.4 is 9.47 Å². The molecule has 1 atom stereocenters. The van der Waals surface area contributed by atoms with Crippen molar-refractivity contribution in [2.45, 2.75) is 13.0 Å². The number of para-hydroxylation sites is 1. The van der Waals surface area contributed by atoms with Gasteiger partial charge in [-0.15, -0.1) is 0 Å². The first-order chi connectivity index (χ1) is 9.29. The molecular weight excluding hydrogens is 242 g/mol. The number of aryl methyl sites for hydroxylation is 1. The summed E-state index contributed by atoms with van der Waals surface area (Å²) in [6.07, 6.45) is 1.73. The maximum absolute atomic E-state index is 5.90. The molecule has 4 heteroatoms. The Morgan fingerprint density at radius 1 is 1.21 bits per heavy atom. The van der Waals surface area contributed by atoms with E-state index in [1.165, 1.54) is 0 Å². The van der Waals surface area contributed by atoms with Crippen molar-refractivity contribution in [3.63, 3.8) is 0 Å². The van der Waals surface area contributed by atoms with E-state index in [2.05, 4.69) is 4.98 Å². The zero-order chi connectivity index (χ0) is 13.2. The number of ether oxygens (including phenoxy) is 3. The summed E-state index contributed by atoms with van der Waals surface area (Å²) in [5.41, 5.74) is 1.88. The fourth-order valence-corrected chi connectivity index (χ4v) is 2.16. The lowest BCUT2D eigenvalue weighted by Crippen LogP contribution is -2.01. The lowest BCUT2D eigenvalue weighted by molar-refractivity contribution is 0.0815. The molecular formula is C15H15NO3. The molecule has 1 aromatic carbocycles. The Hall–Kier alpha value is -2.07. The number of hydrogen-bond donors (Lipinski definition) is 0. The SMILES string of the molecule is CO[C@@H]1COc2c(Oc3cccnc3C)cccc21. The Morgan fingerprint density at radius 3 is 2.84 bits per heavy atom. The molecule has 0 fully saturated rings. The van der Waals surface area contributed by atoms with Crippen molar-refractivity contribution in [2.24, 2.45) is 0 Å². The number of fused-ring (bicyclic) bond motifs is 1. The molecule has 0 unspecified atom stereocenters. The summed E-state index contributed by atoms with van der Waals surface area (Å²) < 4.78 is 17.0. The number of aromatic nitrogens is 1. The minimum absolute atomic E-state index is 0.0199. The molecule has 4 nitrogen and oxygen atoms in total. The number of pyridine rings is 1. The van der Waals surface area contributed by atoms with Gasteiger partial charge in [-0.05, 0) is 25.1 Å². The second-order valence-electron chi connectivity index (χ2n) is 4.40. The fourth-order valence-electron chi connectivity index (χ4n) is 2.16. The Morgan fingerprint density at radius 2 is 2.05 bits per heavy atom. The van der Waals surface area contributed by atoms with Crippen molar-refractivity contribution in [1.82, 2.24) is 4.98 Å². The van der Waals surface area contributed by atoms with E-state index in [0.29, 0.717) is 12.4 Å². The van der Waals surface area contributed by atoms with Gasteiger partial charge >= 0.3 is 0 Å². The van der Waals surface area contributed by atoms with Gasteiger partial charge in [-0.3, -0.25) is 4.98 Å². The third-order valence-electron chi connectivity index (χ3n) is 3.20. The molecule has 98 valence electrons. The van der Waals surface area contributed by atoms with E-state index in [-0.39, 0.29) is 6.10 Å². The average Bonchev–Trinajstić information content (AvgIpc) is 2.85. The lowest BCUT2D eigenvalue weighted by Gasteiger charge is -2.11. The minimum Gasteiger partial charge on any atom is -0.486 e. The van der Waals surface area contributed by atoms with Crippen molar-refractivity contribution in [3.05, 3.63) is 47.8 Å². The number of benzene rings is 1. The van der Waals surface area contributed by atoms with E-state index < -0.39 is 0 Å². The smallest absolute Gasteiger partial charge is 0.169 e. The number of nitrogens with zero attached hydrogens (tertiary/aromatic N) is 1. The maximum atomic E-state index is 5.90. The first-order valence-corrected chi connectivity index (χ1v) is 6.17. The van der Waals surface area contributed by atoms with Gasteiger partial charge in [0.25, 0.3) is 0 Å². The zero-order valence-electron chi connectivity index (χ0n) is 10.9. The zero-order valence-corrected chi connectivity index (χ0v) is 10.9. The molecule has 0 spiro atoms.